The molecule has 1 saturated heterocycles. The molecule has 0 N–H and O–H groups in total. The van der Waals surface area contributed by atoms with E-state index in [4.69, 9.17) is 4.74 Å². The molecule has 0 saturated carbocycles. The topological polar surface area (TPSA) is 64.4 Å². The highest BCUT2D eigenvalue weighted by atomic mass is 16.5. The highest BCUT2D eigenvalue weighted by Crippen LogP contribution is 2.17. The number of aromatic nitrogens is 2. The number of likely N-dealkylation sites (tertiary alicyclic amines) is 1. The van der Waals surface area contributed by atoms with Gasteiger partial charge in [0, 0.05) is 13.1 Å². The first-order chi connectivity index (χ1) is 12.6. The van der Waals surface area contributed by atoms with Gasteiger partial charge >= 0.3 is 0 Å². The number of ether oxygens (including phenoxy) is 1. The summed E-state index contributed by atoms with van der Waals surface area (Å²) in [7, 11) is 0. The molecule has 1 aromatic heterocycles. The number of benzene rings is 1. The molecule has 138 valence electrons. The van der Waals surface area contributed by atoms with Crippen molar-refractivity contribution in [3.05, 3.63) is 51.8 Å². The molecule has 2 aromatic rings. The van der Waals surface area contributed by atoms with Crippen molar-refractivity contribution in [1.29, 1.82) is 0 Å². The summed E-state index contributed by atoms with van der Waals surface area (Å²) in [5.41, 5.74) is 1.43. The molecule has 3 rings (SSSR count). The van der Waals surface area contributed by atoms with Crippen molar-refractivity contribution in [3.63, 3.8) is 0 Å². The fraction of sp³-hybridized carbons (Fsp3) is 0.450. The first kappa shape index (κ1) is 18.2. The summed E-state index contributed by atoms with van der Waals surface area (Å²) in [6, 6.07) is 9.08. The van der Waals surface area contributed by atoms with E-state index in [0.717, 1.165) is 36.9 Å². The molecule has 1 amide bonds. The monoisotopic (exact) mass is 355 g/mol. The molecule has 6 nitrogen and oxygen atoms in total. The van der Waals surface area contributed by atoms with Gasteiger partial charge in [0.1, 0.15) is 0 Å². The molecule has 0 spiro atoms. The van der Waals surface area contributed by atoms with Crippen LogP contribution < -0.4 is 10.2 Å². The molecular formula is C20H25N3O3. The van der Waals surface area contributed by atoms with Gasteiger partial charge in [0.05, 0.1) is 18.4 Å². The van der Waals surface area contributed by atoms with E-state index < -0.39 is 5.43 Å². The average Bonchev–Trinajstić information content (AvgIpc) is 2.92. The van der Waals surface area contributed by atoms with Crippen molar-refractivity contribution in [2.45, 2.75) is 39.5 Å². The predicted molar refractivity (Wildman–Crippen MR) is 100 cm³/mol. The van der Waals surface area contributed by atoms with Gasteiger partial charge < -0.3 is 9.64 Å². The van der Waals surface area contributed by atoms with Crippen LogP contribution in [0.15, 0.2) is 35.1 Å². The number of rotatable bonds is 4. The van der Waals surface area contributed by atoms with Gasteiger partial charge in [-0.15, -0.1) is 0 Å². The summed E-state index contributed by atoms with van der Waals surface area (Å²) in [5.74, 6) is 0.0505. The van der Waals surface area contributed by atoms with Gasteiger partial charge in [0.25, 0.3) is 5.91 Å². The largest absolute Gasteiger partial charge is 0.478 e. The highest BCUT2D eigenvalue weighted by molar-refractivity contribution is 5.92. The molecule has 0 atom stereocenters. The molecule has 1 fully saturated rings. The summed E-state index contributed by atoms with van der Waals surface area (Å²) < 4.78 is 7.12. The summed E-state index contributed by atoms with van der Waals surface area (Å²) in [6.07, 6.45) is 4.17. The maximum absolute atomic E-state index is 12.9. The lowest BCUT2D eigenvalue weighted by Crippen LogP contribution is -2.36. The fourth-order valence-electron chi connectivity index (χ4n) is 3.13. The van der Waals surface area contributed by atoms with Gasteiger partial charge in [-0.2, -0.15) is 5.10 Å². The normalized spacial score (nSPS) is 14.8. The van der Waals surface area contributed by atoms with Crippen LogP contribution in [-0.2, 0) is 0 Å². The lowest BCUT2D eigenvalue weighted by Gasteiger charge is -2.20. The lowest BCUT2D eigenvalue weighted by molar-refractivity contribution is 0.0752. The van der Waals surface area contributed by atoms with Gasteiger partial charge in [-0.3, -0.25) is 9.59 Å². The number of aryl methyl sites for hydroxylation is 1. The van der Waals surface area contributed by atoms with E-state index in [1.807, 2.05) is 38.1 Å². The van der Waals surface area contributed by atoms with Crippen LogP contribution in [0, 0.1) is 6.92 Å². The van der Waals surface area contributed by atoms with Crippen LogP contribution in [-0.4, -0.2) is 40.3 Å². The van der Waals surface area contributed by atoms with Crippen LogP contribution in [0.2, 0.25) is 0 Å². The number of hydrogen-bond acceptors (Lipinski definition) is 4. The molecule has 6 heteroatoms. The minimum absolute atomic E-state index is 0.0454. The first-order valence-corrected chi connectivity index (χ1v) is 9.23. The zero-order chi connectivity index (χ0) is 18.5. The summed E-state index contributed by atoms with van der Waals surface area (Å²) in [6.45, 7) is 5.61. The molecule has 26 heavy (non-hydrogen) atoms. The van der Waals surface area contributed by atoms with Gasteiger partial charge in [-0.1, -0.05) is 30.5 Å². The van der Waals surface area contributed by atoms with E-state index in [9.17, 15) is 9.59 Å². The van der Waals surface area contributed by atoms with E-state index in [-0.39, 0.29) is 11.6 Å². The third-order valence-corrected chi connectivity index (χ3v) is 4.56. The van der Waals surface area contributed by atoms with Crippen molar-refractivity contribution in [3.8, 4) is 11.6 Å². The fourth-order valence-corrected chi connectivity index (χ4v) is 3.13. The van der Waals surface area contributed by atoms with Gasteiger partial charge in [0.15, 0.2) is 5.69 Å². The summed E-state index contributed by atoms with van der Waals surface area (Å²) in [5, 5.41) is 4.38. The Bertz CT molecular complexity index is 819. The second-order valence-corrected chi connectivity index (χ2v) is 6.58. The van der Waals surface area contributed by atoms with E-state index in [1.165, 1.54) is 10.7 Å². The lowest BCUT2D eigenvalue weighted by atomic mass is 10.2. The molecule has 1 aromatic carbocycles. The van der Waals surface area contributed by atoms with Crippen LogP contribution in [0.25, 0.3) is 5.69 Å². The number of nitrogens with zero attached hydrogens (tertiary/aromatic N) is 3. The molecule has 0 radical (unpaired) electrons. The van der Waals surface area contributed by atoms with Crippen molar-refractivity contribution in [2.24, 2.45) is 0 Å². The van der Waals surface area contributed by atoms with Gasteiger partial charge in [-0.25, -0.2) is 4.68 Å². The Morgan fingerprint density at radius 2 is 1.77 bits per heavy atom. The zero-order valence-corrected chi connectivity index (χ0v) is 15.4. The minimum atomic E-state index is -0.397. The maximum atomic E-state index is 12.9. The van der Waals surface area contributed by atoms with Crippen LogP contribution in [0.5, 0.6) is 5.88 Å². The number of carbonyl (C=O) groups is 1. The Labute approximate surface area is 153 Å². The molecule has 1 aliphatic rings. The third kappa shape index (κ3) is 3.95. The number of hydrogen-bond donors (Lipinski definition) is 0. The van der Waals surface area contributed by atoms with E-state index in [0.29, 0.717) is 25.6 Å². The summed E-state index contributed by atoms with van der Waals surface area (Å²) >= 11 is 0. The van der Waals surface area contributed by atoms with Crippen molar-refractivity contribution >= 4 is 5.91 Å². The molecule has 0 bridgehead atoms. The molecule has 0 aliphatic carbocycles. The number of carbonyl (C=O) groups excluding carboxylic acids is 1. The number of amides is 1. The van der Waals surface area contributed by atoms with Gasteiger partial charge in [0.2, 0.25) is 11.3 Å². The van der Waals surface area contributed by atoms with Crippen molar-refractivity contribution in [2.75, 3.05) is 19.7 Å². The Balaban J connectivity index is 2.03. The Morgan fingerprint density at radius 3 is 2.38 bits per heavy atom. The van der Waals surface area contributed by atoms with Crippen molar-refractivity contribution < 1.29 is 9.53 Å². The van der Waals surface area contributed by atoms with E-state index >= 15 is 0 Å². The predicted octanol–water partition coefficient (Wildman–Crippen LogP) is 2.96. The maximum Gasteiger partial charge on any atom is 0.278 e. The average molecular weight is 355 g/mol. The molecule has 0 unspecified atom stereocenters. The third-order valence-electron chi connectivity index (χ3n) is 4.56. The van der Waals surface area contributed by atoms with Crippen molar-refractivity contribution in [1.82, 2.24) is 14.7 Å². The second-order valence-electron chi connectivity index (χ2n) is 6.58. The van der Waals surface area contributed by atoms with Crippen LogP contribution in [0.1, 0.15) is 48.7 Å². The van der Waals surface area contributed by atoms with E-state index in [2.05, 4.69) is 5.10 Å². The van der Waals surface area contributed by atoms with Crippen LogP contribution in [0.3, 0.4) is 0 Å². The smallest absolute Gasteiger partial charge is 0.278 e. The van der Waals surface area contributed by atoms with Gasteiger partial charge in [-0.05, 0) is 38.8 Å². The second kappa shape index (κ2) is 8.17. The molecular weight excluding hydrogens is 330 g/mol. The Morgan fingerprint density at radius 1 is 1.12 bits per heavy atom. The minimum Gasteiger partial charge on any atom is -0.478 e. The zero-order valence-electron chi connectivity index (χ0n) is 15.4. The van der Waals surface area contributed by atoms with E-state index in [1.54, 1.807) is 4.90 Å². The SMILES string of the molecule is CCOc1cc(=O)c(C(=O)N2CCCCCC2)nn1-c1ccc(C)cc1. The quantitative estimate of drug-likeness (QED) is 0.846. The Kier molecular flexibility index (Phi) is 5.71. The first-order valence-electron chi connectivity index (χ1n) is 9.23. The highest BCUT2D eigenvalue weighted by Gasteiger charge is 2.23. The summed E-state index contributed by atoms with van der Waals surface area (Å²) in [4.78, 5) is 27.2. The standard InChI is InChI=1S/C20H25N3O3/c1-3-26-18-14-17(24)19(20(25)22-12-6-4-5-7-13-22)21-23(18)16-10-8-15(2)9-11-16/h8-11,14H,3-7,12-13H2,1-2H3. The Hall–Kier alpha value is -2.63. The molecule has 2 heterocycles. The van der Waals surface area contributed by atoms with Crippen LogP contribution in [0.4, 0.5) is 0 Å². The van der Waals surface area contributed by atoms with Crippen LogP contribution >= 0.6 is 0 Å². The molecule has 1 aliphatic heterocycles.